The van der Waals surface area contributed by atoms with Crippen LogP contribution in [0.1, 0.15) is 22.8 Å². The number of aryl methyl sites for hydroxylation is 2. The van der Waals surface area contributed by atoms with Gasteiger partial charge in [-0.25, -0.2) is 14.7 Å². The van der Waals surface area contributed by atoms with Crippen LogP contribution in [0, 0.1) is 20.8 Å². The number of aromatic nitrogens is 3. The fourth-order valence-electron chi connectivity index (χ4n) is 4.59. The SMILES string of the molecule is COc1ccc(NC(=O)CN2C(=O)NC(=Cc3cc(C)n(-n4c(C)nc5ccccc5c4=O)c3C)C2=O)cc1. The number of urea groups is 1. The Morgan fingerprint density at radius 3 is 2.46 bits per heavy atom. The molecule has 0 aliphatic carbocycles. The van der Waals surface area contributed by atoms with Gasteiger partial charge in [0.15, 0.2) is 0 Å². The molecule has 2 N–H and O–H groups in total. The minimum absolute atomic E-state index is 0.0261. The summed E-state index contributed by atoms with van der Waals surface area (Å²) >= 11 is 0. The maximum atomic E-state index is 13.3. The van der Waals surface area contributed by atoms with E-state index in [0.717, 1.165) is 10.6 Å². The number of imide groups is 1. The zero-order chi connectivity index (χ0) is 27.8. The van der Waals surface area contributed by atoms with Gasteiger partial charge in [0.2, 0.25) is 5.91 Å². The van der Waals surface area contributed by atoms with E-state index in [1.165, 1.54) is 17.9 Å². The quantitative estimate of drug-likeness (QED) is 0.294. The third-order valence-electron chi connectivity index (χ3n) is 6.49. The standard InChI is InChI=1S/C28H26N6O5/c1-16-13-19(17(2)33(16)34-18(3)29-23-8-6-5-7-22(23)26(34)36)14-24-27(37)32(28(38)31-24)15-25(35)30-20-9-11-21(39-4)12-10-20/h5-14H,15H2,1-4H3,(H,30,35)(H,31,38). The van der Waals surface area contributed by atoms with Crippen molar-refractivity contribution in [3.8, 4) is 5.75 Å². The maximum absolute atomic E-state index is 13.3. The van der Waals surface area contributed by atoms with Crippen LogP contribution in [0.5, 0.6) is 5.75 Å². The highest BCUT2D eigenvalue weighted by molar-refractivity contribution is 6.16. The molecule has 0 radical (unpaired) electrons. The van der Waals surface area contributed by atoms with E-state index in [-0.39, 0.29) is 11.3 Å². The van der Waals surface area contributed by atoms with Crippen molar-refractivity contribution in [3.63, 3.8) is 0 Å². The molecule has 39 heavy (non-hydrogen) atoms. The summed E-state index contributed by atoms with van der Waals surface area (Å²) in [6.45, 7) is 4.94. The Morgan fingerprint density at radius 2 is 1.74 bits per heavy atom. The van der Waals surface area contributed by atoms with Gasteiger partial charge in [0.05, 0.1) is 18.0 Å². The van der Waals surface area contributed by atoms with Crippen LogP contribution < -0.4 is 20.9 Å². The molecule has 3 heterocycles. The van der Waals surface area contributed by atoms with Crippen LogP contribution in [-0.2, 0) is 9.59 Å². The highest BCUT2D eigenvalue weighted by Gasteiger charge is 2.35. The number of methoxy groups -OCH3 is 1. The molecule has 4 amide bonds. The van der Waals surface area contributed by atoms with Gasteiger partial charge in [0.25, 0.3) is 11.5 Å². The van der Waals surface area contributed by atoms with Crippen molar-refractivity contribution >= 4 is 40.5 Å². The molecule has 2 aromatic heterocycles. The average molecular weight is 527 g/mol. The average Bonchev–Trinajstić information content (AvgIpc) is 3.33. The van der Waals surface area contributed by atoms with E-state index in [1.807, 2.05) is 26.0 Å². The van der Waals surface area contributed by atoms with Crippen molar-refractivity contribution in [1.82, 2.24) is 24.6 Å². The molecular weight excluding hydrogens is 500 g/mol. The summed E-state index contributed by atoms with van der Waals surface area (Å²) in [5.74, 6) is -0.0238. The van der Waals surface area contributed by atoms with E-state index in [4.69, 9.17) is 4.74 Å². The number of amides is 4. The Bertz CT molecular complexity index is 1730. The summed E-state index contributed by atoms with van der Waals surface area (Å²) in [6, 6.07) is 14.9. The molecule has 11 nitrogen and oxygen atoms in total. The molecule has 5 rings (SSSR count). The van der Waals surface area contributed by atoms with Gasteiger partial charge in [-0.3, -0.25) is 19.1 Å². The van der Waals surface area contributed by atoms with E-state index >= 15 is 0 Å². The summed E-state index contributed by atoms with van der Waals surface area (Å²) in [5.41, 5.74) is 2.94. The molecule has 198 valence electrons. The van der Waals surface area contributed by atoms with Gasteiger partial charge in [-0.05, 0) is 74.9 Å². The minimum atomic E-state index is -0.698. The Morgan fingerprint density at radius 1 is 1.03 bits per heavy atom. The number of rotatable bonds is 6. The monoisotopic (exact) mass is 526 g/mol. The van der Waals surface area contributed by atoms with Gasteiger partial charge < -0.3 is 15.4 Å². The number of ether oxygens (including phenoxy) is 1. The topological polar surface area (TPSA) is 128 Å². The summed E-state index contributed by atoms with van der Waals surface area (Å²) in [6.07, 6.45) is 1.54. The molecule has 1 saturated heterocycles. The smallest absolute Gasteiger partial charge is 0.329 e. The molecule has 0 spiro atoms. The second-order valence-corrected chi connectivity index (χ2v) is 9.09. The van der Waals surface area contributed by atoms with E-state index < -0.39 is 24.4 Å². The second-order valence-electron chi connectivity index (χ2n) is 9.09. The van der Waals surface area contributed by atoms with Gasteiger partial charge in [-0.1, -0.05) is 12.1 Å². The number of nitrogens with zero attached hydrogens (tertiary/aromatic N) is 4. The van der Waals surface area contributed by atoms with Crippen LogP contribution in [0.2, 0.25) is 0 Å². The van der Waals surface area contributed by atoms with Gasteiger partial charge >= 0.3 is 6.03 Å². The molecule has 1 fully saturated rings. The van der Waals surface area contributed by atoms with Crippen LogP contribution in [-0.4, -0.2) is 50.7 Å². The Hall–Kier alpha value is -5.19. The molecule has 1 aliphatic rings. The number of carbonyl (C=O) groups is 3. The van der Waals surface area contributed by atoms with Crippen LogP contribution >= 0.6 is 0 Å². The van der Waals surface area contributed by atoms with Crippen LogP contribution in [0.15, 0.2) is 65.1 Å². The lowest BCUT2D eigenvalue weighted by Gasteiger charge is -2.16. The molecule has 0 bridgehead atoms. The molecule has 11 heteroatoms. The largest absolute Gasteiger partial charge is 0.497 e. The van der Waals surface area contributed by atoms with E-state index in [2.05, 4.69) is 15.6 Å². The summed E-state index contributed by atoms with van der Waals surface area (Å²) in [5, 5.41) is 5.68. The Labute approximate surface area is 223 Å². The molecule has 0 atom stereocenters. The molecule has 2 aromatic carbocycles. The normalized spacial score (nSPS) is 14.3. The second kappa shape index (κ2) is 9.93. The Balaban J connectivity index is 1.40. The first-order chi connectivity index (χ1) is 18.7. The van der Waals surface area contributed by atoms with Crippen molar-refractivity contribution in [2.24, 2.45) is 0 Å². The van der Waals surface area contributed by atoms with E-state index in [0.29, 0.717) is 39.4 Å². The lowest BCUT2D eigenvalue weighted by molar-refractivity contribution is -0.127. The number of para-hydroxylation sites is 1. The van der Waals surface area contributed by atoms with E-state index in [1.54, 1.807) is 54.1 Å². The van der Waals surface area contributed by atoms with Crippen LogP contribution in [0.25, 0.3) is 17.0 Å². The zero-order valence-corrected chi connectivity index (χ0v) is 21.8. The number of carbonyl (C=O) groups excluding carboxylic acids is 3. The number of nitrogens with one attached hydrogen (secondary N) is 2. The van der Waals surface area contributed by atoms with Crippen molar-refractivity contribution in [3.05, 3.63) is 93.4 Å². The summed E-state index contributed by atoms with van der Waals surface area (Å²) < 4.78 is 8.31. The number of fused-ring (bicyclic) bond motifs is 1. The minimum Gasteiger partial charge on any atom is -0.497 e. The van der Waals surface area contributed by atoms with Crippen molar-refractivity contribution in [2.45, 2.75) is 20.8 Å². The van der Waals surface area contributed by atoms with Crippen molar-refractivity contribution < 1.29 is 19.1 Å². The third-order valence-corrected chi connectivity index (χ3v) is 6.49. The predicted molar refractivity (Wildman–Crippen MR) is 145 cm³/mol. The Kier molecular flexibility index (Phi) is 6.48. The van der Waals surface area contributed by atoms with Gasteiger partial charge in [0, 0.05) is 17.1 Å². The molecule has 1 aliphatic heterocycles. The number of hydrogen-bond donors (Lipinski definition) is 2. The lowest BCUT2D eigenvalue weighted by Crippen LogP contribution is -2.38. The van der Waals surface area contributed by atoms with Gasteiger partial charge in [0.1, 0.15) is 23.8 Å². The van der Waals surface area contributed by atoms with E-state index in [9.17, 15) is 19.2 Å². The summed E-state index contributed by atoms with van der Waals surface area (Å²) in [4.78, 5) is 56.8. The lowest BCUT2D eigenvalue weighted by atomic mass is 10.2. The number of anilines is 1. The summed E-state index contributed by atoms with van der Waals surface area (Å²) in [7, 11) is 1.54. The first kappa shape index (κ1) is 25.5. The van der Waals surface area contributed by atoms with Gasteiger partial charge in [-0.2, -0.15) is 4.68 Å². The van der Waals surface area contributed by atoms with Crippen molar-refractivity contribution in [1.29, 1.82) is 0 Å². The first-order valence-corrected chi connectivity index (χ1v) is 12.1. The predicted octanol–water partition coefficient (Wildman–Crippen LogP) is 2.97. The highest BCUT2D eigenvalue weighted by atomic mass is 16.5. The molecule has 0 saturated carbocycles. The fraction of sp³-hybridized carbons (Fsp3) is 0.179. The van der Waals surface area contributed by atoms with Gasteiger partial charge in [-0.15, -0.1) is 0 Å². The van der Waals surface area contributed by atoms with Crippen molar-refractivity contribution in [2.75, 3.05) is 19.0 Å². The molecular formula is C28H26N6O5. The fourth-order valence-corrected chi connectivity index (χ4v) is 4.59. The van der Waals surface area contributed by atoms with Crippen LogP contribution in [0.4, 0.5) is 10.5 Å². The first-order valence-electron chi connectivity index (χ1n) is 12.1. The zero-order valence-electron chi connectivity index (χ0n) is 21.8. The third kappa shape index (κ3) is 4.65. The van der Waals surface area contributed by atoms with Crippen LogP contribution in [0.3, 0.4) is 0 Å². The number of benzene rings is 2. The maximum Gasteiger partial charge on any atom is 0.329 e. The number of hydrogen-bond acceptors (Lipinski definition) is 6. The highest BCUT2D eigenvalue weighted by Crippen LogP contribution is 2.22. The molecule has 4 aromatic rings. The molecule has 0 unspecified atom stereocenters.